The van der Waals surface area contributed by atoms with Gasteiger partial charge in [0.25, 0.3) is 0 Å². The van der Waals surface area contributed by atoms with E-state index in [0.717, 1.165) is 25.7 Å². The number of aliphatic hydroxyl groups excluding tert-OH is 1. The van der Waals surface area contributed by atoms with E-state index in [4.69, 9.17) is 5.26 Å². The van der Waals surface area contributed by atoms with Gasteiger partial charge in [-0.2, -0.15) is 5.26 Å². The summed E-state index contributed by atoms with van der Waals surface area (Å²) >= 11 is 0. The van der Waals surface area contributed by atoms with E-state index in [1.165, 1.54) is 12.8 Å². The summed E-state index contributed by atoms with van der Waals surface area (Å²) in [6.07, 6.45) is 6.66. The van der Waals surface area contributed by atoms with Crippen molar-refractivity contribution in [2.24, 2.45) is 5.92 Å². The summed E-state index contributed by atoms with van der Waals surface area (Å²) in [5, 5.41) is 21.7. The van der Waals surface area contributed by atoms with Crippen molar-refractivity contribution in [1.29, 1.82) is 5.26 Å². The molecule has 0 aromatic rings. The first kappa shape index (κ1) is 9.95. The van der Waals surface area contributed by atoms with E-state index in [-0.39, 0.29) is 18.1 Å². The van der Waals surface area contributed by atoms with Crippen LogP contribution in [0.3, 0.4) is 0 Å². The van der Waals surface area contributed by atoms with Crippen molar-refractivity contribution in [3.63, 3.8) is 0 Å². The zero-order chi connectivity index (χ0) is 10.0. The second-order valence-electron chi connectivity index (χ2n) is 4.71. The number of hydrogen-bond acceptors (Lipinski definition) is 3. The normalized spacial score (nSPS) is 34.9. The van der Waals surface area contributed by atoms with E-state index in [1.807, 2.05) is 0 Å². The smallest absolute Gasteiger partial charge is 0.0672 e. The Bertz CT molecular complexity index is 242. The van der Waals surface area contributed by atoms with E-state index < -0.39 is 0 Å². The van der Waals surface area contributed by atoms with Gasteiger partial charge in [0.1, 0.15) is 0 Å². The molecule has 3 heteroatoms. The van der Waals surface area contributed by atoms with E-state index in [0.29, 0.717) is 6.04 Å². The molecule has 2 aliphatic rings. The molecule has 0 saturated heterocycles. The predicted molar refractivity (Wildman–Crippen MR) is 53.5 cm³/mol. The van der Waals surface area contributed by atoms with Crippen LogP contribution < -0.4 is 5.32 Å². The van der Waals surface area contributed by atoms with Crippen molar-refractivity contribution < 1.29 is 5.11 Å². The molecule has 78 valence electrons. The zero-order valence-corrected chi connectivity index (χ0v) is 8.50. The first-order valence-electron chi connectivity index (χ1n) is 5.58. The topological polar surface area (TPSA) is 56.0 Å². The molecule has 0 aromatic carbocycles. The van der Waals surface area contributed by atoms with Crippen LogP contribution in [-0.2, 0) is 0 Å². The van der Waals surface area contributed by atoms with Crippen LogP contribution in [0.4, 0.5) is 0 Å². The lowest BCUT2D eigenvalue weighted by atomic mass is 9.85. The van der Waals surface area contributed by atoms with Crippen molar-refractivity contribution in [3.8, 4) is 6.07 Å². The molecule has 0 spiro atoms. The summed E-state index contributed by atoms with van der Waals surface area (Å²) in [5.41, 5.74) is -0.0168. The molecule has 14 heavy (non-hydrogen) atoms. The minimum Gasteiger partial charge on any atom is -0.394 e. The Labute approximate surface area is 85.1 Å². The lowest BCUT2D eigenvalue weighted by molar-refractivity contribution is 0.193. The SMILES string of the molecule is N#CC1CCCCC1NC1(CO)CC1. The fourth-order valence-corrected chi connectivity index (χ4v) is 2.35. The molecule has 0 heterocycles. The van der Waals surface area contributed by atoms with E-state index in [9.17, 15) is 5.11 Å². The summed E-state index contributed by atoms with van der Waals surface area (Å²) in [6.45, 7) is 0.224. The quantitative estimate of drug-likeness (QED) is 0.709. The Morgan fingerprint density at radius 3 is 2.64 bits per heavy atom. The first-order valence-corrected chi connectivity index (χ1v) is 5.58. The molecule has 2 rings (SSSR count). The third-order valence-corrected chi connectivity index (χ3v) is 3.58. The van der Waals surface area contributed by atoms with Crippen molar-refractivity contribution in [1.82, 2.24) is 5.32 Å². The minimum atomic E-state index is -0.0168. The van der Waals surface area contributed by atoms with Crippen molar-refractivity contribution in [2.45, 2.75) is 50.1 Å². The number of rotatable bonds is 3. The van der Waals surface area contributed by atoms with E-state index >= 15 is 0 Å². The van der Waals surface area contributed by atoms with Crippen LogP contribution >= 0.6 is 0 Å². The second-order valence-corrected chi connectivity index (χ2v) is 4.71. The van der Waals surface area contributed by atoms with E-state index in [2.05, 4.69) is 11.4 Å². The first-order chi connectivity index (χ1) is 6.79. The predicted octanol–water partition coefficient (Wildman–Crippen LogP) is 1.18. The zero-order valence-electron chi connectivity index (χ0n) is 8.50. The molecular formula is C11H18N2O. The molecule has 0 bridgehead atoms. The van der Waals surface area contributed by atoms with Crippen LogP contribution in [0.1, 0.15) is 38.5 Å². The highest BCUT2D eigenvalue weighted by atomic mass is 16.3. The van der Waals surface area contributed by atoms with Gasteiger partial charge in [-0.1, -0.05) is 12.8 Å². The number of hydrogen-bond donors (Lipinski definition) is 2. The van der Waals surface area contributed by atoms with Gasteiger partial charge in [0, 0.05) is 11.6 Å². The Balaban J connectivity index is 1.92. The Morgan fingerprint density at radius 2 is 2.07 bits per heavy atom. The van der Waals surface area contributed by atoms with Crippen LogP contribution in [0.5, 0.6) is 0 Å². The highest BCUT2D eigenvalue weighted by molar-refractivity contribution is 5.06. The fraction of sp³-hybridized carbons (Fsp3) is 0.909. The van der Waals surface area contributed by atoms with Crippen LogP contribution in [0.2, 0.25) is 0 Å². The van der Waals surface area contributed by atoms with Crippen LogP contribution in [-0.4, -0.2) is 23.3 Å². The molecule has 0 aromatic heterocycles. The maximum atomic E-state index is 9.20. The minimum absolute atomic E-state index is 0.0168. The lowest BCUT2D eigenvalue weighted by Gasteiger charge is -2.31. The van der Waals surface area contributed by atoms with Gasteiger partial charge in [0.05, 0.1) is 18.6 Å². The molecule has 2 N–H and O–H groups in total. The molecule has 3 nitrogen and oxygen atoms in total. The van der Waals surface area contributed by atoms with Crippen LogP contribution in [0.25, 0.3) is 0 Å². The molecule has 2 fully saturated rings. The van der Waals surface area contributed by atoms with Crippen molar-refractivity contribution >= 4 is 0 Å². The third kappa shape index (κ3) is 1.92. The standard InChI is InChI=1S/C11H18N2O/c12-7-9-3-1-2-4-10(9)13-11(8-14)5-6-11/h9-10,13-14H,1-6,8H2. The largest absolute Gasteiger partial charge is 0.394 e. The number of aliphatic hydroxyl groups is 1. The van der Waals surface area contributed by atoms with Gasteiger partial charge in [-0.15, -0.1) is 0 Å². The molecule has 2 unspecified atom stereocenters. The summed E-state index contributed by atoms with van der Waals surface area (Å²) in [5.74, 6) is 0.160. The van der Waals surface area contributed by atoms with Gasteiger partial charge in [-0.05, 0) is 25.7 Å². The second kappa shape index (κ2) is 3.88. The van der Waals surface area contributed by atoms with Crippen molar-refractivity contribution in [2.75, 3.05) is 6.61 Å². The maximum absolute atomic E-state index is 9.20. The van der Waals surface area contributed by atoms with Crippen LogP contribution in [0, 0.1) is 17.2 Å². The molecule has 0 aliphatic heterocycles. The van der Waals surface area contributed by atoms with Gasteiger partial charge in [0.15, 0.2) is 0 Å². The monoisotopic (exact) mass is 194 g/mol. The molecular weight excluding hydrogens is 176 g/mol. The Hall–Kier alpha value is -0.590. The highest BCUT2D eigenvalue weighted by Gasteiger charge is 2.44. The number of nitrogens with zero attached hydrogens (tertiary/aromatic N) is 1. The summed E-state index contributed by atoms with van der Waals surface area (Å²) in [4.78, 5) is 0. The maximum Gasteiger partial charge on any atom is 0.0672 e. The molecule has 2 atom stereocenters. The van der Waals surface area contributed by atoms with Gasteiger partial charge < -0.3 is 10.4 Å². The summed E-state index contributed by atoms with van der Waals surface area (Å²) in [6, 6.07) is 2.71. The van der Waals surface area contributed by atoms with Gasteiger partial charge >= 0.3 is 0 Å². The number of nitrogens with one attached hydrogen (secondary N) is 1. The Kier molecular flexibility index (Phi) is 2.76. The van der Waals surface area contributed by atoms with Crippen molar-refractivity contribution in [3.05, 3.63) is 0 Å². The van der Waals surface area contributed by atoms with Gasteiger partial charge in [-0.3, -0.25) is 0 Å². The average Bonchev–Trinajstić information content (AvgIpc) is 2.99. The van der Waals surface area contributed by atoms with Gasteiger partial charge in [-0.25, -0.2) is 0 Å². The van der Waals surface area contributed by atoms with Crippen LogP contribution in [0.15, 0.2) is 0 Å². The molecule has 0 amide bonds. The van der Waals surface area contributed by atoms with Gasteiger partial charge in [0.2, 0.25) is 0 Å². The molecule has 2 aliphatic carbocycles. The highest BCUT2D eigenvalue weighted by Crippen LogP contribution is 2.37. The Morgan fingerprint density at radius 1 is 1.36 bits per heavy atom. The summed E-state index contributed by atoms with van der Waals surface area (Å²) in [7, 11) is 0. The summed E-state index contributed by atoms with van der Waals surface area (Å²) < 4.78 is 0. The van der Waals surface area contributed by atoms with E-state index in [1.54, 1.807) is 0 Å². The average molecular weight is 194 g/mol. The molecule has 2 saturated carbocycles. The number of nitriles is 1. The lowest BCUT2D eigenvalue weighted by Crippen LogP contribution is -2.47. The molecule has 0 radical (unpaired) electrons. The fourth-order valence-electron chi connectivity index (χ4n) is 2.35. The third-order valence-electron chi connectivity index (χ3n) is 3.58.